The molecule has 0 bridgehead atoms. The predicted octanol–water partition coefficient (Wildman–Crippen LogP) is 1.40. The maximum absolute atomic E-state index is 11.8. The van der Waals surface area contributed by atoms with Crippen LogP contribution in [0.5, 0.6) is 0 Å². The molecule has 0 radical (unpaired) electrons. The fourth-order valence-corrected chi connectivity index (χ4v) is 2.57. The molecule has 0 aromatic heterocycles. The van der Waals surface area contributed by atoms with Crippen LogP contribution in [-0.4, -0.2) is 39.1 Å². The molecule has 0 spiro atoms. The standard InChI is InChI=1S/C16H24N4O/c1-16(2,14(21)17-3)11-19-15(18-4)20-10-9-12-7-5-6-8-13(12)20/h5-8H,9-11H2,1-4H3,(H,17,21)(H,18,19). The molecule has 2 rings (SSSR count). The molecule has 0 saturated heterocycles. The first kappa shape index (κ1) is 15.4. The summed E-state index contributed by atoms with van der Waals surface area (Å²) >= 11 is 0. The summed E-state index contributed by atoms with van der Waals surface area (Å²) in [6.45, 7) is 5.30. The van der Waals surface area contributed by atoms with E-state index in [1.54, 1.807) is 14.1 Å². The van der Waals surface area contributed by atoms with Crippen LogP contribution in [0.1, 0.15) is 19.4 Å². The van der Waals surface area contributed by atoms with Crippen LogP contribution >= 0.6 is 0 Å². The molecule has 0 saturated carbocycles. The lowest BCUT2D eigenvalue weighted by molar-refractivity contribution is -0.128. The van der Waals surface area contributed by atoms with E-state index in [1.807, 2.05) is 19.9 Å². The lowest BCUT2D eigenvalue weighted by Crippen LogP contribution is -2.48. The summed E-state index contributed by atoms with van der Waals surface area (Å²) in [6.07, 6.45) is 1.02. The van der Waals surface area contributed by atoms with Crippen molar-refractivity contribution in [1.82, 2.24) is 10.6 Å². The lowest BCUT2D eigenvalue weighted by Gasteiger charge is -2.27. The molecular formula is C16H24N4O. The van der Waals surface area contributed by atoms with Gasteiger partial charge in [-0.1, -0.05) is 18.2 Å². The van der Waals surface area contributed by atoms with Gasteiger partial charge >= 0.3 is 0 Å². The number of nitrogens with zero attached hydrogens (tertiary/aromatic N) is 2. The molecule has 2 N–H and O–H groups in total. The molecule has 1 aliphatic rings. The molecule has 5 heteroatoms. The Kier molecular flexibility index (Phi) is 4.50. The van der Waals surface area contributed by atoms with Gasteiger partial charge in [0.1, 0.15) is 0 Å². The summed E-state index contributed by atoms with van der Waals surface area (Å²) in [6, 6.07) is 8.36. The summed E-state index contributed by atoms with van der Waals surface area (Å²) in [5, 5.41) is 6.02. The van der Waals surface area contributed by atoms with Crippen molar-refractivity contribution in [2.75, 3.05) is 32.1 Å². The molecular weight excluding hydrogens is 264 g/mol. The Hall–Kier alpha value is -2.04. The smallest absolute Gasteiger partial charge is 0.227 e. The van der Waals surface area contributed by atoms with Gasteiger partial charge in [-0.15, -0.1) is 0 Å². The maximum Gasteiger partial charge on any atom is 0.227 e. The Morgan fingerprint density at radius 2 is 2.10 bits per heavy atom. The van der Waals surface area contributed by atoms with E-state index < -0.39 is 5.41 Å². The minimum Gasteiger partial charge on any atom is -0.359 e. The fraction of sp³-hybridized carbons (Fsp3) is 0.500. The van der Waals surface area contributed by atoms with Crippen molar-refractivity contribution in [3.05, 3.63) is 29.8 Å². The maximum atomic E-state index is 11.8. The summed E-state index contributed by atoms with van der Waals surface area (Å²) in [7, 11) is 3.44. The highest BCUT2D eigenvalue weighted by Gasteiger charge is 2.28. The van der Waals surface area contributed by atoms with Gasteiger partial charge in [0.25, 0.3) is 0 Å². The number of hydrogen-bond acceptors (Lipinski definition) is 2. The van der Waals surface area contributed by atoms with E-state index in [2.05, 4.69) is 38.7 Å². The van der Waals surface area contributed by atoms with Gasteiger partial charge in [-0.2, -0.15) is 0 Å². The van der Waals surface area contributed by atoms with E-state index in [9.17, 15) is 4.79 Å². The van der Waals surface area contributed by atoms with Crippen LogP contribution in [0.4, 0.5) is 5.69 Å². The Bertz CT molecular complexity index is 551. The summed E-state index contributed by atoms with van der Waals surface area (Å²) in [5.41, 5.74) is 2.05. The number of carbonyl (C=O) groups excluding carboxylic acids is 1. The zero-order valence-corrected chi connectivity index (χ0v) is 13.2. The minimum atomic E-state index is -0.482. The quantitative estimate of drug-likeness (QED) is 0.653. The van der Waals surface area contributed by atoms with Crippen LogP contribution in [0, 0.1) is 5.41 Å². The third-order valence-corrected chi connectivity index (χ3v) is 3.88. The molecule has 1 aromatic carbocycles. The second kappa shape index (κ2) is 6.16. The number of para-hydroxylation sites is 1. The van der Waals surface area contributed by atoms with Crippen molar-refractivity contribution in [3.8, 4) is 0 Å². The number of fused-ring (bicyclic) bond motifs is 1. The molecule has 1 aromatic rings. The van der Waals surface area contributed by atoms with Gasteiger partial charge in [0.15, 0.2) is 5.96 Å². The number of carbonyl (C=O) groups is 1. The number of hydrogen-bond donors (Lipinski definition) is 2. The highest BCUT2D eigenvalue weighted by molar-refractivity contribution is 5.98. The molecule has 1 amide bonds. The van der Waals surface area contributed by atoms with E-state index >= 15 is 0 Å². The number of aliphatic imine (C=N–C) groups is 1. The van der Waals surface area contributed by atoms with Crippen molar-refractivity contribution in [2.24, 2.45) is 10.4 Å². The number of benzene rings is 1. The van der Waals surface area contributed by atoms with Crippen LogP contribution in [-0.2, 0) is 11.2 Å². The largest absolute Gasteiger partial charge is 0.359 e. The van der Waals surface area contributed by atoms with Crippen LogP contribution in [0.25, 0.3) is 0 Å². The van der Waals surface area contributed by atoms with Crippen LogP contribution < -0.4 is 15.5 Å². The molecule has 1 aliphatic heterocycles. The normalized spacial score (nSPS) is 14.9. The first-order chi connectivity index (χ1) is 9.99. The Morgan fingerprint density at radius 1 is 1.38 bits per heavy atom. The molecule has 0 aliphatic carbocycles. The van der Waals surface area contributed by atoms with E-state index in [1.165, 1.54) is 11.3 Å². The van der Waals surface area contributed by atoms with E-state index in [-0.39, 0.29) is 5.91 Å². The SMILES string of the molecule is CN=C(NCC(C)(C)C(=O)NC)N1CCc2ccccc21. The van der Waals surface area contributed by atoms with Gasteiger partial charge in [0, 0.05) is 32.9 Å². The van der Waals surface area contributed by atoms with Crippen molar-refractivity contribution in [1.29, 1.82) is 0 Å². The highest BCUT2D eigenvalue weighted by Crippen LogP contribution is 2.27. The highest BCUT2D eigenvalue weighted by atomic mass is 16.2. The fourth-order valence-electron chi connectivity index (χ4n) is 2.57. The third kappa shape index (κ3) is 3.17. The Balaban J connectivity index is 2.08. The number of anilines is 1. The monoisotopic (exact) mass is 288 g/mol. The first-order valence-electron chi connectivity index (χ1n) is 7.28. The van der Waals surface area contributed by atoms with E-state index in [4.69, 9.17) is 0 Å². The van der Waals surface area contributed by atoms with Crippen molar-refractivity contribution in [2.45, 2.75) is 20.3 Å². The molecule has 114 valence electrons. The van der Waals surface area contributed by atoms with Gasteiger partial charge in [0.05, 0.1) is 5.41 Å². The van der Waals surface area contributed by atoms with Gasteiger partial charge in [-0.05, 0) is 31.9 Å². The average molecular weight is 288 g/mol. The molecule has 0 unspecified atom stereocenters. The number of guanidine groups is 1. The van der Waals surface area contributed by atoms with Gasteiger partial charge in [-0.25, -0.2) is 0 Å². The first-order valence-corrected chi connectivity index (χ1v) is 7.28. The van der Waals surface area contributed by atoms with Crippen molar-refractivity contribution >= 4 is 17.6 Å². The second-order valence-corrected chi connectivity index (χ2v) is 5.89. The van der Waals surface area contributed by atoms with Gasteiger partial charge < -0.3 is 15.5 Å². The summed E-state index contributed by atoms with van der Waals surface area (Å²) in [4.78, 5) is 18.4. The minimum absolute atomic E-state index is 0.0206. The van der Waals surface area contributed by atoms with E-state index in [0.717, 1.165) is 18.9 Å². The zero-order chi connectivity index (χ0) is 15.5. The third-order valence-electron chi connectivity index (χ3n) is 3.88. The average Bonchev–Trinajstić information content (AvgIpc) is 2.91. The van der Waals surface area contributed by atoms with Gasteiger partial charge in [0.2, 0.25) is 5.91 Å². The second-order valence-electron chi connectivity index (χ2n) is 5.89. The van der Waals surface area contributed by atoms with Gasteiger partial charge in [-0.3, -0.25) is 9.79 Å². The Labute approximate surface area is 126 Å². The molecule has 1 heterocycles. The van der Waals surface area contributed by atoms with Crippen molar-refractivity contribution < 1.29 is 4.79 Å². The number of rotatable bonds is 3. The van der Waals surface area contributed by atoms with Crippen molar-refractivity contribution in [3.63, 3.8) is 0 Å². The summed E-state index contributed by atoms with van der Waals surface area (Å²) < 4.78 is 0. The lowest BCUT2D eigenvalue weighted by atomic mass is 9.92. The van der Waals surface area contributed by atoms with Crippen LogP contribution in [0.3, 0.4) is 0 Å². The number of amides is 1. The topological polar surface area (TPSA) is 56.7 Å². The molecule has 21 heavy (non-hydrogen) atoms. The predicted molar refractivity (Wildman–Crippen MR) is 86.7 cm³/mol. The summed E-state index contributed by atoms with van der Waals surface area (Å²) in [5.74, 6) is 0.837. The molecule has 0 atom stereocenters. The van der Waals surface area contributed by atoms with Crippen LogP contribution in [0.15, 0.2) is 29.3 Å². The van der Waals surface area contributed by atoms with Crippen LogP contribution in [0.2, 0.25) is 0 Å². The number of nitrogens with one attached hydrogen (secondary N) is 2. The molecule has 5 nitrogen and oxygen atoms in total. The Morgan fingerprint density at radius 3 is 2.76 bits per heavy atom. The zero-order valence-electron chi connectivity index (χ0n) is 13.2. The van der Waals surface area contributed by atoms with E-state index in [0.29, 0.717) is 6.54 Å². The molecule has 0 fully saturated rings.